The molecule has 0 fully saturated rings. The number of nitrogens with zero attached hydrogens (tertiary/aromatic N) is 4. The van der Waals surface area contributed by atoms with E-state index in [9.17, 15) is 4.79 Å². The molecule has 1 aromatic carbocycles. The number of hydrogen-bond acceptors (Lipinski definition) is 6. The van der Waals surface area contributed by atoms with Crippen LogP contribution in [-0.2, 0) is 4.79 Å². The summed E-state index contributed by atoms with van der Waals surface area (Å²) in [4.78, 5) is 12.2. The van der Waals surface area contributed by atoms with E-state index < -0.39 is 0 Å². The number of carbonyl (C=O) groups is 1. The molecule has 0 atom stereocenters. The molecule has 7 nitrogen and oxygen atoms in total. The number of amides is 1. The molecule has 8 heteroatoms. The number of aromatic nitrogens is 4. The Morgan fingerprint density at radius 1 is 1.23 bits per heavy atom. The minimum atomic E-state index is -0.149. The summed E-state index contributed by atoms with van der Waals surface area (Å²) in [6.07, 6.45) is 1.66. The molecular formula is C18H21N5O2S. The van der Waals surface area contributed by atoms with Gasteiger partial charge in [-0.1, -0.05) is 29.0 Å². The van der Waals surface area contributed by atoms with Gasteiger partial charge >= 0.3 is 0 Å². The van der Waals surface area contributed by atoms with Crippen LogP contribution < -0.4 is 5.32 Å². The highest BCUT2D eigenvalue weighted by atomic mass is 32.2. The molecule has 3 aromatic rings. The summed E-state index contributed by atoms with van der Waals surface area (Å²) >= 11 is 1.21. The van der Waals surface area contributed by atoms with Crippen LogP contribution in [0.15, 0.2) is 40.1 Å². The average molecular weight is 371 g/mol. The number of carbonyl (C=O) groups excluding carboxylic acids is 1. The fourth-order valence-electron chi connectivity index (χ4n) is 2.61. The second kappa shape index (κ2) is 7.74. The summed E-state index contributed by atoms with van der Waals surface area (Å²) in [7, 11) is 0. The molecule has 2 heterocycles. The van der Waals surface area contributed by atoms with Crippen molar-refractivity contribution < 1.29 is 9.21 Å². The third kappa shape index (κ3) is 4.32. The maximum Gasteiger partial charge on any atom is 0.277 e. The van der Waals surface area contributed by atoms with E-state index in [4.69, 9.17) is 4.42 Å². The number of hydrogen-bond donors (Lipinski definition) is 1. The molecule has 0 aliphatic carbocycles. The quantitative estimate of drug-likeness (QED) is 0.662. The highest BCUT2D eigenvalue weighted by Gasteiger charge is 2.14. The normalized spacial score (nSPS) is 11.1. The molecule has 0 aliphatic rings. The zero-order chi connectivity index (χ0) is 18.7. The Bertz CT molecular complexity index is 896. The first-order chi connectivity index (χ1) is 12.4. The van der Waals surface area contributed by atoms with Gasteiger partial charge in [-0.15, -0.1) is 10.2 Å². The van der Waals surface area contributed by atoms with Crippen molar-refractivity contribution in [2.45, 2.75) is 39.0 Å². The van der Waals surface area contributed by atoms with Crippen LogP contribution in [0.2, 0.25) is 0 Å². The number of thioether (sulfide) groups is 1. The first-order valence-electron chi connectivity index (χ1n) is 8.30. The van der Waals surface area contributed by atoms with Gasteiger partial charge in [0.05, 0.1) is 11.9 Å². The number of anilines is 1. The predicted octanol–water partition coefficient (Wildman–Crippen LogP) is 3.86. The third-order valence-corrected chi connectivity index (χ3v) is 4.45. The second-order valence-electron chi connectivity index (χ2n) is 6.34. The molecule has 26 heavy (non-hydrogen) atoms. The summed E-state index contributed by atoms with van der Waals surface area (Å²) in [5.41, 5.74) is 3.15. The van der Waals surface area contributed by atoms with Crippen LogP contribution in [0, 0.1) is 13.8 Å². The maximum absolute atomic E-state index is 12.2. The van der Waals surface area contributed by atoms with Crippen molar-refractivity contribution in [3.05, 3.63) is 41.6 Å². The minimum Gasteiger partial charge on any atom is -0.411 e. The van der Waals surface area contributed by atoms with E-state index in [2.05, 4.69) is 26.7 Å². The van der Waals surface area contributed by atoms with Gasteiger partial charge in [0.15, 0.2) is 0 Å². The Morgan fingerprint density at radius 2 is 1.96 bits per heavy atom. The Morgan fingerprint density at radius 3 is 2.65 bits per heavy atom. The van der Waals surface area contributed by atoms with Crippen molar-refractivity contribution in [2.24, 2.45) is 0 Å². The lowest BCUT2D eigenvalue weighted by molar-refractivity contribution is -0.113. The Kier molecular flexibility index (Phi) is 5.41. The highest BCUT2D eigenvalue weighted by molar-refractivity contribution is 7.99. The molecule has 0 radical (unpaired) electrons. The lowest BCUT2D eigenvalue weighted by Crippen LogP contribution is -2.18. The van der Waals surface area contributed by atoms with Crippen LogP contribution in [0.25, 0.3) is 11.5 Å². The zero-order valence-electron chi connectivity index (χ0n) is 15.2. The van der Waals surface area contributed by atoms with Crippen molar-refractivity contribution in [1.82, 2.24) is 20.0 Å². The number of aryl methyl sites for hydroxylation is 2. The zero-order valence-corrected chi connectivity index (χ0v) is 16.0. The number of nitrogens with one attached hydrogen (secondary N) is 1. The van der Waals surface area contributed by atoms with E-state index in [-0.39, 0.29) is 17.7 Å². The molecule has 2 aromatic heterocycles. The van der Waals surface area contributed by atoms with E-state index in [0.717, 1.165) is 16.7 Å². The van der Waals surface area contributed by atoms with Crippen LogP contribution in [0.1, 0.15) is 31.0 Å². The Balaban J connectivity index is 1.61. The average Bonchev–Trinajstić information content (AvgIpc) is 3.21. The van der Waals surface area contributed by atoms with Crippen molar-refractivity contribution in [3.63, 3.8) is 0 Å². The van der Waals surface area contributed by atoms with Gasteiger partial charge in [0.1, 0.15) is 5.82 Å². The fourth-order valence-corrected chi connectivity index (χ4v) is 3.18. The van der Waals surface area contributed by atoms with Crippen LogP contribution in [-0.4, -0.2) is 31.6 Å². The van der Waals surface area contributed by atoms with Gasteiger partial charge in [-0.25, -0.2) is 4.68 Å². The van der Waals surface area contributed by atoms with Crippen LogP contribution in [0.4, 0.5) is 5.82 Å². The van der Waals surface area contributed by atoms with E-state index in [1.165, 1.54) is 11.8 Å². The van der Waals surface area contributed by atoms with Gasteiger partial charge in [0.2, 0.25) is 11.8 Å². The molecule has 1 N–H and O–H groups in total. The van der Waals surface area contributed by atoms with Gasteiger partial charge in [-0.3, -0.25) is 4.79 Å². The van der Waals surface area contributed by atoms with E-state index in [0.29, 0.717) is 16.9 Å². The molecular weight excluding hydrogens is 350 g/mol. The third-order valence-electron chi connectivity index (χ3n) is 3.63. The molecule has 3 rings (SSSR count). The first kappa shape index (κ1) is 18.2. The molecule has 0 saturated heterocycles. The lowest BCUT2D eigenvalue weighted by Gasteiger charge is -2.11. The predicted molar refractivity (Wildman–Crippen MR) is 101 cm³/mol. The Labute approximate surface area is 156 Å². The monoisotopic (exact) mass is 371 g/mol. The highest BCUT2D eigenvalue weighted by Crippen LogP contribution is 2.25. The molecule has 0 unspecified atom stereocenters. The summed E-state index contributed by atoms with van der Waals surface area (Å²) in [6, 6.07) is 8.02. The number of benzene rings is 1. The molecule has 1 amide bonds. The number of rotatable bonds is 6. The van der Waals surface area contributed by atoms with Crippen LogP contribution in [0.3, 0.4) is 0 Å². The van der Waals surface area contributed by atoms with Gasteiger partial charge in [0, 0.05) is 17.7 Å². The largest absolute Gasteiger partial charge is 0.411 e. The topological polar surface area (TPSA) is 85.8 Å². The van der Waals surface area contributed by atoms with E-state index in [1.54, 1.807) is 16.9 Å². The summed E-state index contributed by atoms with van der Waals surface area (Å²) in [6.45, 7) is 8.05. The van der Waals surface area contributed by atoms with Crippen LogP contribution in [0.5, 0.6) is 0 Å². The molecule has 136 valence electrons. The Hall–Kier alpha value is -2.61. The summed E-state index contributed by atoms with van der Waals surface area (Å²) in [5.74, 6) is 1.16. The van der Waals surface area contributed by atoms with Crippen molar-refractivity contribution in [1.29, 1.82) is 0 Å². The second-order valence-corrected chi connectivity index (χ2v) is 7.27. The molecule has 0 spiro atoms. The lowest BCUT2D eigenvalue weighted by atomic mass is 10.1. The van der Waals surface area contributed by atoms with E-state index >= 15 is 0 Å². The van der Waals surface area contributed by atoms with Gasteiger partial charge in [-0.2, -0.15) is 5.10 Å². The van der Waals surface area contributed by atoms with Gasteiger partial charge < -0.3 is 9.73 Å². The van der Waals surface area contributed by atoms with Gasteiger partial charge in [0.25, 0.3) is 5.22 Å². The minimum absolute atomic E-state index is 0.149. The van der Waals surface area contributed by atoms with Crippen molar-refractivity contribution in [2.75, 3.05) is 11.1 Å². The SMILES string of the molecule is Cc1cc(C)cc(-c2nnc(SCC(=O)Nc3ccnn3C(C)C)o2)c1. The maximum atomic E-state index is 12.2. The molecule has 0 bridgehead atoms. The van der Waals surface area contributed by atoms with Gasteiger partial charge in [-0.05, 0) is 39.8 Å². The smallest absolute Gasteiger partial charge is 0.277 e. The van der Waals surface area contributed by atoms with Crippen molar-refractivity contribution in [3.8, 4) is 11.5 Å². The standard InChI is InChI=1S/C18H21N5O2S/c1-11(2)23-15(5-6-19-23)20-16(24)10-26-18-22-21-17(25-18)14-8-12(3)7-13(4)9-14/h5-9,11H,10H2,1-4H3,(H,20,24). The van der Waals surface area contributed by atoms with E-state index in [1.807, 2.05) is 39.8 Å². The first-order valence-corrected chi connectivity index (χ1v) is 9.29. The molecule has 0 saturated carbocycles. The fraction of sp³-hybridized carbons (Fsp3) is 0.333. The van der Waals surface area contributed by atoms with Crippen LogP contribution >= 0.6 is 11.8 Å². The van der Waals surface area contributed by atoms with Crippen molar-refractivity contribution >= 4 is 23.5 Å². The molecule has 0 aliphatic heterocycles. The summed E-state index contributed by atoms with van der Waals surface area (Å²) in [5, 5.41) is 15.5. The summed E-state index contributed by atoms with van der Waals surface area (Å²) < 4.78 is 7.43.